The van der Waals surface area contributed by atoms with E-state index in [1.165, 1.54) is 24.0 Å². The third-order valence-electron chi connectivity index (χ3n) is 3.72. The van der Waals surface area contributed by atoms with Crippen molar-refractivity contribution in [3.8, 4) is 0 Å². The van der Waals surface area contributed by atoms with Gasteiger partial charge in [0.1, 0.15) is 0 Å². The summed E-state index contributed by atoms with van der Waals surface area (Å²) in [6.07, 6.45) is 16.1. The summed E-state index contributed by atoms with van der Waals surface area (Å²) < 4.78 is 6.04. The number of rotatable bonds is 3. The number of allylic oxidation sites excluding steroid dienone is 8. The number of hydrogen-bond donors (Lipinski definition) is 0. The maximum absolute atomic E-state index is 2.62. The van der Waals surface area contributed by atoms with Crippen molar-refractivity contribution in [2.45, 2.75) is 19.8 Å². The first-order valence-corrected chi connectivity index (χ1v) is 10.7. The van der Waals surface area contributed by atoms with Crippen LogP contribution in [-0.2, 0) is 21.3 Å². The topological polar surface area (TPSA) is 0 Å². The van der Waals surface area contributed by atoms with E-state index in [1.807, 2.05) is 0 Å². The summed E-state index contributed by atoms with van der Waals surface area (Å²) in [5.41, 5.74) is 2.84. The van der Waals surface area contributed by atoms with Crippen molar-refractivity contribution < 1.29 is 21.3 Å². The molecule has 0 saturated carbocycles. The Hall–Kier alpha value is -0.487. The quantitative estimate of drug-likeness (QED) is 0.649. The summed E-state index contributed by atoms with van der Waals surface area (Å²) in [6.45, 7) is 2.22. The van der Waals surface area contributed by atoms with Crippen molar-refractivity contribution in [2.24, 2.45) is 0 Å². The average Bonchev–Trinajstić information content (AvgIpc) is 3.11. The van der Waals surface area contributed by atoms with Crippen molar-refractivity contribution in [1.82, 2.24) is 0 Å². The Bertz CT molecular complexity index is 617. The number of aryl methyl sites for hydroxylation is 1. The number of benzene rings is 1. The van der Waals surface area contributed by atoms with Gasteiger partial charge in [-0.3, -0.25) is 0 Å². The zero-order valence-electron chi connectivity index (χ0n) is 12.1. The molecule has 0 nitrogen and oxygen atoms in total. The monoisotopic (exact) mass is 396 g/mol. The fourth-order valence-corrected chi connectivity index (χ4v) is 9.09. The molecule has 0 radical (unpaired) electrons. The van der Waals surface area contributed by atoms with Gasteiger partial charge in [-0.15, -0.1) is 24.8 Å². The van der Waals surface area contributed by atoms with Gasteiger partial charge in [0.05, 0.1) is 0 Å². The standard InChI is InChI=1S/C8H8.2C5H5.2ClH.Zr/c1-7-5-3-4-6-8(7)2;2*1-2-4-5-3-1;;;/h1,3-6H,2H3;2*1-3H,4H2;2*1H;. The fraction of sp³-hybridized carbons (Fsp3) is 0.167. The molecule has 2 aliphatic rings. The van der Waals surface area contributed by atoms with Gasteiger partial charge in [0.2, 0.25) is 0 Å². The van der Waals surface area contributed by atoms with E-state index in [2.05, 4.69) is 71.4 Å². The molecule has 0 fully saturated rings. The van der Waals surface area contributed by atoms with Crippen LogP contribution in [0.1, 0.15) is 24.0 Å². The van der Waals surface area contributed by atoms with Crippen LogP contribution in [0.2, 0.25) is 0 Å². The Balaban J connectivity index is 0.00000110. The minimum absolute atomic E-state index is 0. The number of halogens is 2. The average molecular weight is 398 g/mol. The smallest absolute Gasteiger partial charge is 0.147 e. The molecule has 0 atom stereocenters. The molecule has 0 aliphatic heterocycles. The maximum Gasteiger partial charge on any atom is -0.147 e. The van der Waals surface area contributed by atoms with Crippen LogP contribution in [0.4, 0.5) is 0 Å². The summed E-state index contributed by atoms with van der Waals surface area (Å²) in [4.78, 5) is 0. The molecule has 3 heteroatoms. The maximum atomic E-state index is 2.62. The van der Waals surface area contributed by atoms with E-state index < -0.39 is 21.3 Å². The molecule has 0 saturated heterocycles. The Labute approximate surface area is 147 Å². The molecule has 1 aromatic rings. The van der Waals surface area contributed by atoms with E-state index >= 15 is 0 Å². The molecule has 110 valence electrons. The van der Waals surface area contributed by atoms with E-state index in [-0.39, 0.29) is 24.8 Å². The van der Waals surface area contributed by atoms with Gasteiger partial charge < -0.3 is 0 Å². The van der Waals surface area contributed by atoms with E-state index in [0.717, 1.165) is 0 Å². The molecule has 0 aromatic heterocycles. The minimum atomic E-state index is -1.77. The van der Waals surface area contributed by atoms with Crippen LogP contribution in [0.3, 0.4) is 0 Å². The second-order valence-corrected chi connectivity index (χ2v) is 11.0. The molecule has 0 unspecified atom stereocenters. The summed E-state index contributed by atoms with van der Waals surface area (Å²) in [5, 5.41) is 0. The van der Waals surface area contributed by atoms with E-state index in [4.69, 9.17) is 0 Å². The van der Waals surface area contributed by atoms with Crippen molar-refractivity contribution >= 4 is 28.5 Å². The van der Waals surface area contributed by atoms with Crippen molar-refractivity contribution in [2.75, 3.05) is 0 Å². The Morgan fingerprint density at radius 3 is 1.95 bits per heavy atom. The molecule has 21 heavy (non-hydrogen) atoms. The predicted octanol–water partition coefficient (Wildman–Crippen LogP) is 5.29. The SMILES string of the molecule is Cc1ccccc1[CH]=[Zr]([C]1=CC=CC1)[C]1=CC=CC1.Cl.Cl. The normalized spacial score (nSPS) is 14.9. The van der Waals surface area contributed by atoms with Crippen molar-refractivity contribution in [3.05, 3.63) is 78.4 Å². The van der Waals surface area contributed by atoms with Crippen molar-refractivity contribution in [3.63, 3.8) is 0 Å². The molecular weight excluding hydrogens is 378 g/mol. The predicted molar refractivity (Wildman–Crippen MR) is 94.5 cm³/mol. The van der Waals surface area contributed by atoms with Crippen molar-refractivity contribution in [1.29, 1.82) is 0 Å². The third-order valence-corrected chi connectivity index (χ3v) is 10.4. The second kappa shape index (κ2) is 8.83. The van der Waals surface area contributed by atoms with Gasteiger partial charge in [-0.1, -0.05) is 0 Å². The number of hydrogen-bond acceptors (Lipinski definition) is 0. The minimum Gasteiger partial charge on any atom is -0.147 e. The molecular formula is C18H20Cl2Zr. The largest absolute Gasteiger partial charge is 0.147 e. The van der Waals surface area contributed by atoms with E-state index in [9.17, 15) is 0 Å². The van der Waals surface area contributed by atoms with Gasteiger partial charge in [0.25, 0.3) is 0 Å². The van der Waals surface area contributed by atoms with Gasteiger partial charge in [-0.25, -0.2) is 0 Å². The van der Waals surface area contributed by atoms with E-state index in [1.54, 1.807) is 6.56 Å². The first kappa shape index (κ1) is 18.6. The van der Waals surface area contributed by atoms with Crippen LogP contribution >= 0.6 is 24.8 Å². The molecule has 1 aromatic carbocycles. The summed E-state index contributed by atoms with van der Waals surface area (Å²) in [7, 11) is 0. The van der Waals surface area contributed by atoms with Gasteiger partial charge >= 0.3 is 123 Å². The van der Waals surface area contributed by atoms with Crippen LogP contribution in [0.15, 0.2) is 67.3 Å². The van der Waals surface area contributed by atoms with Crippen LogP contribution in [0, 0.1) is 6.92 Å². The Kier molecular flexibility index (Phi) is 7.81. The summed E-state index contributed by atoms with van der Waals surface area (Å²) in [5.74, 6) is 0. The van der Waals surface area contributed by atoms with Crippen LogP contribution in [-0.4, -0.2) is 3.71 Å². The molecule has 3 rings (SSSR count). The first-order valence-electron chi connectivity index (χ1n) is 6.84. The Morgan fingerprint density at radius 1 is 0.905 bits per heavy atom. The van der Waals surface area contributed by atoms with Crippen LogP contribution in [0.25, 0.3) is 0 Å². The third kappa shape index (κ3) is 4.49. The van der Waals surface area contributed by atoms with E-state index in [0.29, 0.717) is 0 Å². The summed E-state index contributed by atoms with van der Waals surface area (Å²) >= 11 is -1.77. The van der Waals surface area contributed by atoms with Crippen LogP contribution in [0.5, 0.6) is 0 Å². The molecule has 0 heterocycles. The molecule has 0 amide bonds. The molecule has 2 aliphatic carbocycles. The zero-order valence-corrected chi connectivity index (χ0v) is 16.2. The van der Waals surface area contributed by atoms with Crippen LogP contribution < -0.4 is 0 Å². The second-order valence-electron chi connectivity index (χ2n) is 5.06. The van der Waals surface area contributed by atoms with Gasteiger partial charge in [-0.2, -0.15) is 0 Å². The summed E-state index contributed by atoms with van der Waals surface area (Å²) in [6, 6.07) is 8.77. The molecule has 0 bridgehead atoms. The van der Waals surface area contributed by atoms with Gasteiger partial charge in [0.15, 0.2) is 0 Å². The molecule has 0 spiro atoms. The molecule has 0 N–H and O–H groups in total. The Morgan fingerprint density at radius 2 is 1.48 bits per heavy atom. The van der Waals surface area contributed by atoms with Gasteiger partial charge in [-0.05, 0) is 0 Å². The van der Waals surface area contributed by atoms with Gasteiger partial charge in [0, 0.05) is 0 Å². The first-order chi connectivity index (χ1) is 9.34. The zero-order chi connectivity index (χ0) is 13.1. The fourth-order valence-electron chi connectivity index (χ4n) is 2.59.